The van der Waals surface area contributed by atoms with Gasteiger partial charge in [0.15, 0.2) is 5.65 Å². The topological polar surface area (TPSA) is 126 Å². The zero-order chi connectivity index (χ0) is 24.0. The van der Waals surface area contributed by atoms with Crippen molar-refractivity contribution in [3.8, 4) is 0 Å². The minimum Gasteiger partial charge on any atom is -0.393 e. The van der Waals surface area contributed by atoms with Gasteiger partial charge in [-0.05, 0) is 38.8 Å². The predicted molar refractivity (Wildman–Crippen MR) is 129 cm³/mol. The predicted octanol–water partition coefficient (Wildman–Crippen LogP) is 2.93. The zero-order valence-electron chi connectivity index (χ0n) is 19.6. The molecule has 33 heavy (non-hydrogen) atoms. The number of aromatic nitrogens is 4. The first kappa shape index (κ1) is 24.2. The van der Waals surface area contributed by atoms with Crippen LogP contribution >= 0.6 is 0 Å². The Labute approximate surface area is 193 Å². The van der Waals surface area contributed by atoms with Gasteiger partial charge in [-0.15, -0.1) is 0 Å². The molecule has 0 radical (unpaired) electrons. The molecule has 4 rings (SSSR count). The molecule has 0 unspecified atom stereocenters. The van der Waals surface area contributed by atoms with E-state index in [0.717, 1.165) is 12.8 Å². The molecule has 10 heteroatoms. The van der Waals surface area contributed by atoms with E-state index < -0.39 is 0 Å². The molecule has 1 amide bonds. The lowest BCUT2D eigenvalue weighted by atomic mass is 9.98. The Balaban J connectivity index is 0.000000374. The van der Waals surface area contributed by atoms with Crippen LogP contribution in [0, 0.1) is 0 Å². The van der Waals surface area contributed by atoms with E-state index in [1.54, 1.807) is 43.1 Å². The summed E-state index contributed by atoms with van der Waals surface area (Å²) in [7, 11) is 3.29. The molecule has 3 heterocycles. The first-order chi connectivity index (χ1) is 15.8. The summed E-state index contributed by atoms with van der Waals surface area (Å²) < 4.78 is 3.17. The third-order valence-corrected chi connectivity index (χ3v) is 5.57. The molecule has 4 N–H and O–H groups in total. The second-order valence-electron chi connectivity index (χ2n) is 8.29. The number of nitrogens with zero attached hydrogens (tertiary/aromatic N) is 4. The number of hydrogen-bond acceptors (Lipinski definition) is 7. The van der Waals surface area contributed by atoms with E-state index in [4.69, 9.17) is 5.11 Å². The van der Waals surface area contributed by atoms with Gasteiger partial charge in [-0.25, -0.2) is 4.98 Å². The van der Waals surface area contributed by atoms with E-state index in [1.165, 1.54) is 30.0 Å². The van der Waals surface area contributed by atoms with Crippen LogP contribution in [0.1, 0.15) is 62.4 Å². The van der Waals surface area contributed by atoms with Crippen molar-refractivity contribution in [3.05, 3.63) is 46.5 Å². The van der Waals surface area contributed by atoms with Gasteiger partial charge in [0.1, 0.15) is 22.9 Å². The Hall–Kier alpha value is -3.40. The molecule has 1 saturated carbocycles. The number of rotatable bonds is 5. The van der Waals surface area contributed by atoms with Crippen LogP contribution < -0.4 is 21.5 Å². The molecule has 0 aliphatic heterocycles. The van der Waals surface area contributed by atoms with Crippen LogP contribution in [-0.4, -0.2) is 50.4 Å². The van der Waals surface area contributed by atoms with Crippen LogP contribution in [0.15, 0.2) is 35.4 Å². The number of anilines is 3. The third kappa shape index (κ3) is 5.70. The maximum atomic E-state index is 12.6. The Morgan fingerprint density at radius 2 is 1.94 bits per heavy atom. The first-order valence-corrected chi connectivity index (χ1v) is 11.3. The van der Waals surface area contributed by atoms with Crippen LogP contribution in [0.2, 0.25) is 0 Å². The van der Waals surface area contributed by atoms with Crippen molar-refractivity contribution in [2.24, 2.45) is 0 Å². The molecule has 0 aromatic carbocycles. The van der Waals surface area contributed by atoms with Gasteiger partial charge < -0.3 is 25.6 Å². The lowest BCUT2D eigenvalue weighted by Crippen LogP contribution is -2.23. The van der Waals surface area contributed by atoms with Crippen LogP contribution in [-0.2, 0) is 0 Å². The first-order valence-electron chi connectivity index (χ1n) is 11.3. The SMILES string of the molecule is CNC(=O)c1cnn2c(NC)cc(Nc3cccn(C(C)C)c3=O)nc12.OC1CCCCC1. The summed E-state index contributed by atoms with van der Waals surface area (Å²) in [6, 6.07) is 5.26. The van der Waals surface area contributed by atoms with Crippen molar-refractivity contribution in [1.82, 2.24) is 24.5 Å². The highest BCUT2D eigenvalue weighted by Gasteiger charge is 2.16. The average Bonchev–Trinajstić information content (AvgIpc) is 3.24. The molecule has 3 aromatic heterocycles. The number of nitrogens with one attached hydrogen (secondary N) is 3. The highest BCUT2D eigenvalue weighted by Crippen LogP contribution is 2.21. The summed E-state index contributed by atoms with van der Waals surface area (Å²) >= 11 is 0. The number of aliphatic hydroxyl groups excluding tert-OH is 1. The van der Waals surface area contributed by atoms with Gasteiger partial charge in [-0.3, -0.25) is 9.59 Å². The van der Waals surface area contributed by atoms with Crippen molar-refractivity contribution >= 4 is 28.9 Å². The molecule has 0 atom stereocenters. The smallest absolute Gasteiger partial charge is 0.274 e. The van der Waals surface area contributed by atoms with E-state index in [1.807, 2.05) is 13.8 Å². The van der Waals surface area contributed by atoms with E-state index in [-0.39, 0.29) is 23.6 Å². The Bertz CT molecular complexity index is 1150. The Morgan fingerprint density at radius 3 is 2.52 bits per heavy atom. The molecule has 1 fully saturated rings. The molecule has 0 saturated heterocycles. The average molecular weight is 456 g/mol. The van der Waals surface area contributed by atoms with Crippen molar-refractivity contribution in [3.63, 3.8) is 0 Å². The number of hydrogen-bond donors (Lipinski definition) is 4. The number of carbonyl (C=O) groups is 1. The molecule has 178 valence electrons. The fourth-order valence-electron chi connectivity index (χ4n) is 3.73. The highest BCUT2D eigenvalue weighted by molar-refractivity contribution is 5.99. The second kappa shape index (κ2) is 11.0. The summed E-state index contributed by atoms with van der Waals surface area (Å²) in [6.45, 7) is 3.88. The van der Waals surface area contributed by atoms with Crippen molar-refractivity contribution in [2.45, 2.75) is 58.1 Å². The van der Waals surface area contributed by atoms with E-state index in [2.05, 4.69) is 26.0 Å². The Morgan fingerprint density at radius 1 is 1.21 bits per heavy atom. The molecule has 1 aliphatic carbocycles. The zero-order valence-corrected chi connectivity index (χ0v) is 19.6. The monoisotopic (exact) mass is 455 g/mol. The summed E-state index contributed by atoms with van der Waals surface area (Å²) in [5, 5.41) is 21.7. The molecular weight excluding hydrogens is 422 g/mol. The van der Waals surface area contributed by atoms with Gasteiger partial charge in [0.2, 0.25) is 0 Å². The maximum absolute atomic E-state index is 12.6. The number of carbonyl (C=O) groups excluding carboxylic acids is 1. The van der Waals surface area contributed by atoms with Crippen LogP contribution in [0.4, 0.5) is 17.3 Å². The minimum absolute atomic E-state index is 0.0359. The largest absolute Gasteiger partial charge is 0.393 e. The number of amides is 1. The van der Waals surface area contributed by atoms with Gasteiger partial charge >= 0.3 is 0 Å². The second-order valence-corrected chi connectivity index (χ2v) is 8.29. The number of pyridine rings is 1. The minimum atomic E-state index is -0.284. The quantitative estimate of drug-likeness (QED) is 0.466. The lowest BCUT2D eigenvalue weighted by Gasteiger charge is -2.14. The fraction of sp³-hybridized carbons (Fsp3) is 0.478. The normalized spacial score (nSPS) is 14.0. The molecule has 1 aliphatic rings. The van der Waals surface area contributed by atoms with Crippen molar-refractivity contribution < 1.29 is 9.90 Å². The molecule has 0 bridgehead atoms. The van der Waals surface area contributed by atoms with Gasteiger partial charge in [-0.1, -0.05) is 19.3 Å². The molecule has 10 nitrogen and oxygen atoms in total. The van der Waals surface area contributed by atoms with Gasteiger partial charge in [0, 0.05) is 32.4 Å². The number of fused-ring (bicyclic) bond motifs is 1. The molecule has 0 spiro atoms. The van der Waals surface area contributed by atoms with E-state index >= 15 is 0 Å². The standard InChI is InChI=1S/C17H21N7O2.C6H12O/c1-10(2)23-7-5-6-12(17(23)26)21-13-8-14(18-3)24-15(22-13)11(9-20-24)16(25)19-4;7-6-4-2-1-3-5-6/h5-10,18H,1-4H3,(H,19,25)(H,21,22);6-7H,1-5H2. The summed E-state index contributed by atoms with van der Waals surface area (Å²) in [5.74, 6) is 0.785. The van der Waals surface area contributed by atoms with Gasteiger partial charge in [-0.2, -0.15) is 9.61 Å². The van der Waals surface area contributed by atoms with Gasteiger partial charge in [0.05, 0.1) is 12.3 Å². The summed E-state index contributed by atoms with van der Waals surface area (Å²) in [4.78, 5) is 29.1. The van der Waals surface area contributed by atoms with Crippen molar-refractivity contribution in [1.29, 1.82) is 0 Å². The van der Waals surface area contributed by atoms with E-state index in [0.29, 0.717) is 28.5 Å². The molecular formula is C23H33N7O3. The van der Waals surface area contributed by atoms with Crippen LogP contribution in [0.3, 0.4) is 0 Å². The van der Waals surface area contributed by atoms with Gasteiger partial charge in [0.25, 0.3) is 11.5 Å². The third-order valence-electron chi connectivity index (χ3n) is 5.57. The van der Waals surface area contributed by atoms with Crippen LogP contribution in [0.5, 0.6) is 0 Å². The molecule has 3 aromatic rings. The fourth-order valence-corrected chi connectivity index (χ4v) is 3.73. The summed E-state index contributed by atoms with van der Waals surface area (Å²) in [6.07, 6.45) is 9.13. The maximum Gasteiger partial charge on any atom is 0.274 e. The summed E-state index contributed by atoms with van der Waals surface area (Å²) in [5.41, 5.74) is 0.996. The Kier molecular flexibility index (Phi) is 8.05. The van der Waals surface area contributed by atoms with Crippen molar-refractivity contribution in [2.75, 3.05) is 24.7 Å². The van der Waals surface area contributed by atoms with Crippen LogP contribution in [0.25, 0.3) is 5.65 Å². The lowest BCUT2D eigenvalue weighted by molar-refractivity contribution is 0.0964. The number of aliphatic hydroxyl groups is 1. The highest BCUT2D eigenvalue weighted by atomic mass is 16.3. The van der Waals surface area contributed by atoms with E-state index in [9.17, 15) is 9.59 Å².